The Labute approximate surface area is 199 Å². The fourth-order valence-electron chi connectivity index (χ4n) is 4.63. The van der Waals surface area contributed by atoms with Crippen LogP contribution in [0.4, 0.5) is 0 Å². The zero-order chi connectivity index (χ0) is 20.5. The summed E-state index contributed by atoms with van der Waals surface area (Å²) in [7, 11) is 3.63. The first-order valence-corrected chi connectivity index (χ1v) is 11.3. The molecule has 30 heavy (non-hydrogen) atoms. The second-order valence-electron chi connectivity index (χ2n) is 8.21. The quantitative estimate of drug-likeness (QED) is 0.307. The van der Waals surface area contributed by atoms with E-state index in [1.165, 1.54) is 57.3 Å². The van der Waals surface area contributed by atoms with Gasteiger partial charge in [-0.3, -0.25) is 9.89 Å². The molecule has 0 saturated carbocycles. The lowest BCUT2D eigenvalue weighted by atomic mass is 10.0. The predicted molar refractivity (Wildman–Crippen MR) is 136 cm³/mol. The van der Waals surface area contributed by atoms with E-state index in [0.717, 1.165) is 31.3 Å². The van der Waals surface area contributed by atoms with E-state index in [0.29, 0.717) is 12.1 Å². The van der Waals surface area contributed by atoms with Crippen LogP contribution in [0.25, 0.3) is 0 Å². The lowest BCUT2D eigenvalue weighted by Crippen LogP contribution is -2.50. The molecule has 1 aromatic rings. The molecule has 1 unspecified atom stereocenters. The molecule has 6 nitrogen and oxygen atoms in total. The van der Waals surface area contributed by atoms with E-state index in [1.807, 2.05) is 13.1 Å². The van der Waals surface area contributed by atoms with Crippen LogP contribution < -0.4 is 15.4 Å². The third-order valence-electron chi connectivity index (χ3n) is 6.23. The smallest absolute Gasteiger partial charge is 0.191 e. The zero-order valence-corrected chi connectivity index (χ0v) is 21.2. The predicted octanol–water partition coefficient (Wildman–Crippen LogP) is 3.49. The van der Waals surface area contributed by atoms with Crippen LogP contribution in [0.1, 0.15) is 50.6 Å². The fourth-order valence-corrected chi connectivity index (χ4v) is 4.63. The molecule has 0 aromatic heterocycles. The number of likely N-dealkylation sites (tertiary alicyclic amines) is 2. The van der Waals surface area contributed by atoms with Crippen molar-refractivity contribution in [2.45, 2.75) is 51.1 Å². The molecule has 0 aliphatic carbocycles. The second-order valence-corrected chi connectivity index (χ2v) is 8.21. The van der Waals surface area contributed by atoms with E-state index in [9.17, 15) is 0 Å². The summed E-state index contributed by atoms with van der Waals surface area (Å²) in [6.07, 6.45) is 6.15. The van der Waals surface area contributed by atoms with Crippen LogP contribution in [0.15, 0.2) is 29.3 Å². The molecule has 0 amide bonds. The van der Waals surface area contributed by atoms with Gasteiger partial charge in [-0.05, 0) is 57.8 Å². The average molecular weight is 530 g/mol. The highest BCUT2D eigenvalue weighted by atomic mass is 127. The first-order valence-electron chi connectivity index (χ1n) is 11.3. The second kappa shape index (κ2) is 13.4. The van der Waals surface area contributed by atoms with Gasteiger partial charge in [0.15, 0.2) is 5.96 Å². The summed E-state index contributed by atoms with van der Waals surface area (Å²) < 4.78 is 5.67. The molecule has 1 aromatic carbocycles. The summed E-state index contributed by atoms with van der Waals surface area (Å²) in [6, 6.07) is 9.21. The third-order valence-corrected chi connectivity index (χ3v) is 6.23. The minimum absolute atomic E-state index is 0. The standard InChI is InChI=1S/C23H39N5O.HI/c1-4-13-27-16-11-19(12-17-27)26-23(24-2)25-18-21(28-14-7-8-15-28)20-9-5-6-10-22(20)29-3;/h5-6,9-10,19,21H,4,7-8,11-18H2,1-3H3,(H2,24,25,26);1H. The van der Waals surface area contributed by atoms with E-state index in [-0.39, 0.29) is 24.0 Å². The van der Waals surface area contributed by atoms with E-state index < -0.39 is 0 Å². The van der Waals surface area contributed by atoms with Gasteiger partial charge in [0.05, 0.1) is 13.2 Å². The van der Waals surface area contributed by atoms with Crippen molar-refractivity contribution in [1.82, 2.24) is 20.4 Å². The molecule has 2 heterocycles. The van der Waals surface area contributed by atoms with Gasteiger partial charge in [-0.15, -0.1) is 24.0 Å². The molecule has 2 aliphatic rings. The Kier molecular flexibility index (Phi) is 11.2. The normalized spacial score (nSPS) is 19.9. The van der Waals surface area contributed by atoms with Crippen LogP contribution in [-0.4, -0.2) is 75.2 Å². The maximum atomic E-state index is 5.67. The van der Waals surface area contributed by atoms with Crippen LogP contribution in [0.5, 0.6) is 5.75 Å². The average Bonchev–Trinajstić information content (AvgIpc) is 3.29. The van der Waals surface area contributed by atoms with Crippen molar-refractivity contribution in [2.24, 2.45) is 4.99 Å². The third kappa shape index (κ3) is 6.99. The van der Waals surface area contributed by atoms with Crippen molar-refractivity contribution < 1.29 is 4.74 Å². The molecular formula is C23H40IN5O. The summed E-state index contributed by atoms with van der Waals surface area (Å²) in [6.45, 7) is 8.96. The highest BCUT2D eigenvalue weighted by Crippen LogP contribution is 2.31. The maximum absolute atomic E-state index is 5.67. The van der Waals surface area contributed by atoms with Gasteiger partial charge in [0.25, 0.3) is 0 Å². The van der Waals surface area contributed by atoms with Gasteiger partial charge >= 0.3 is 0 Å². The van der Waals surface area contributed by atoms with E-state index >= 15 is 0 Å². The van der Waals surface area contributed by atoms with Crippen LogP contribution >= 0.6 is 24.0 Å². The molecule has 0 bridgehead atoms. The van der Waals surface area contributed by atoms with E-state index in [1.54, 1.807) is 7.11 Å². The topological polar surface area (TPSA) is 52.1 Å². The van der Waals surface area contributed by atoms with Crippen molar-refractivity contribution in [2.75, 3.05) is 53.4 Å². The molecule has 170 valence electrons. The highest BCUT2D eigenvalue weighted by molar-refractivity contribution is 14.0. The van der Waals surface area contributed by atoms with Crippen molar-refractivity contribution in [3.63, 3.8) is 0 Å². The van der Waals surface area contributed by atoms with Crippen molar-refractivity contribution in [3.05, 3.63) is 29.8 Å². The largest absolute Gasteiger partial charge is 0.496 e. The Morgan fingerprint density at radius 1 is 1.17 bits per heavy atom. The maximum Gasteiger partial charge on any atom is 0.191 e. The number of benzene rings is 1. The number of hydrogen-bond acceptors (Lipinski definition) is 4. The lowest BCUT2D eigenvalue weighted by Gasteiger charge is -2.34. The highest BCUT2D eigenvalue weighted by Gasteiger charge is 2.26. The Balaban J connectivity index is 0.00000320. The number of ether oxygens (including phenoxy) is 1. The number of piperidine rings is 1. The first-order chi connectivity index (χ1) is 14.2. The number of guanidine groups is 1. The van der Waals surface area contributed by atoms with Gasteiger partial charge in [0.2, 0.25) is 0 Å². The molecule has 0 spiro atoms. The monoisotopic (exact) mass is 529 g/mol. The molecule has 2 saturated heterocycles. The minimum Gasteiger partial charge on any atom is -0.496 e. The van der Waals surface area contributed by atoms with E-state index in [2.05, 4.69) is 50.5 Å². The van der Waals surface area contributed by atoms with Crippen LogP contribution in [0, 0.1) is 0 Å². The number of rotatable bonds is 8. The summed E-state index contributed by atoms with van der Waals surface area (Å²) >= 11 is 0. The molecule has 0 radical (unpaired) electrons. The number of hydrogen-bond donors (Lipinski definition) is 2. The summed E-state index contributed by atoms with van der Waals surface area (Å²) in [5.41, 5.74) is 1.26. The molecule has 2 aliphatic heterocycles. The van der Waals surface area contributed by atoms with Crippen LogP contribution in [-0.2, 0) is 0 Å². The molecule has 2 fully saturated rings. The molecular weight excluding hydrogens is 489 g/mol. The van der Waals surface area contributed by atoms with Gasteiger partial charge < -0.3 is 20.3 Å². The zero-order valence-electron chi connectivity index (χ0n) is 18.9. The number of nitrogens with one attached hydrogen (secondary N) is 2. The lowest BCUT2D eigenvalue weighted by molar-refractivity contribution is 0.205. The summed E-state index contributed by atoms with van der Waals surface area (Å²) in [5.74, 6) is 1.88. The molecule has 7 heteroatoms. The number of aliphatic imine (C=N–C) groups is 1. The van der Waals surface area contributed by atoms with Crippen molar-refractivity contribution >= 4 is 29.9 Å². The SMILES string of the molecule is CCCN1CCC(NC(=NC)NCC(c2ccccc2OC)N2CCCC2)CC1.I. The van der Waals surface area contributed by atoms with E-state index in [4.69, 9.17) is 4.74 Å². The Morgan fingerprint density at radius 2 is 1.87 bits per heavy atom. The van der Waals surface area contributed by atoms with Crippen molar-refractivity contribution in [1.29, 1.82) is 0 Å². The summed E-state index contributed by atoms with van der Waals surface area (Å²) in [4.78, 5) is 9.64. The number of halogens is 1. The Hall–Kier alpha value is -1.06. The first kappa shape index (κ1) is 25.2. The van der Waals surface area contributed by atoms with Gasteiger partial charge in [0.1, 0.15) is 5.75 Å². The van der Waals surface area contributed by atoms with Gasteiger partial charge in [0, 0.05) is 38.3 Å². The summed E-state index contributed by atoms with van der Waals surface area (Å²) in [5, 5.41) is 7.26. The Morgan fingerprint density at radius 3 is 2.50 bits per heavy atom. The minimum atomic E-state index is 0. The van der Waals surface area contributed by atoms with Crippen molar-refractivity contribution in [3.8, 4) is 5.75 Å². The molecule has 1 atom stereocenters. The number of nitrogens with zero attached hydrogens (tertiary/aromatic N) is 3. The van der Waals surface area contributed by atoms with Gasteiger partial charge in [-0.2, -0.15) is 0 Å². The fraction of sp³-hybridized carbons (Fsp3) is 0.696. The molecule has 2 N–H and O–H groups in total. The van der Waals surface area contributed by atoms with Gasteiger partial charge in [-0.25, -0.2) is 0 Å². The van der Waals surface area contributed by atoms with Crippen LogP contribution in [0.3, 0.4) is 0 Å². The number of para-hydroxylation sites is 1. The number of methoxy groups -OCH3 is 1. The van der Waals surface area contributed by atoms with Crippen LogP contribution in [0.2, 0.25) is 0 Å². The van der Waals surface area contributed by atoms with Gasteiger partial charge in [-0.1, -0.05) is 25.1 Å². The Bertz CT molecular complexity index is 642. The molecule has 3 rings (SSSR count).